The van der Waals surface area contributed by atoms with Crippen LogP contribution in [0.4, 0.5) is 5.69 Å². The number of aromatic nitrogens is 1. The van der Waals surface area contributed by atoms with Crippen molar-refractivity contribution in [2.45, 2.75) is 58.2 Å². The molecule has 130 valence electrons. The largest absolute Gasteiger partial charge is 0.494 e. The molecule has 6 heteroatoms. The molecular weight excluding hydrogens is 315 g/mol. The molecule has 4 rings (SSSR count). The second-order valence-corrected chi connectivity index (χ2v) is 8.49. The Bertz CT molecular complexity index is 889. The standard InChI is InChI=1S/C19H23BN2O3/c1-17(2)15-12-9-11(20-24-18(3,4)19(5,6)25-20)7-8-13(12)21-10-14(15)22-16(17)23/h7-10H,1-6H3,(H,22,23). The maximum Gasteiger partial charge on any atom is 0.494 e. The smallest absolute Gasteiger partial charge is 0.399 e. The molecule has 2 aliphatic rings. The van der Waals surface area contributed by atoms with Crippen molar-refractivity contribution in [3.05, 3.63) is 30.0 Å². The number of fused-ring (bicyclic) bond motifs is 3. The van der Waals surface area contributed by atoms with E-state index in [0.29, 0.717) is 0 Å². The van der Waals surface area contributed by atoms with Crippen molar-refractivity contribution >= 4 is 35.1 Å². The van der Waals surface area contributed by atoms with Crippen molar-refractivity contribution in [3.8, 4) is 0 Å². The number of amides is 1. The van der Waals surface area contributed by atoms with Crippen LogP contribution in [0.1, 0.15) is 47.1 Å². The summed E-state index contributed by atoms with van der Waals surface area (Å²) in [5, 5.41) is 3.90. The lowest BCUT2D eigenvalue weighted by Crippen LogP contribution is -2.41. The summed E-state index contributed by atoms with van der Waals surface area (Å²) in [5.41, 5.74) is 2.21. The predicted molar refractivity (Wildman–Crippen MR) is 99.1 cm³/mol. The van der Waals surface area contributed by atoms with E-state index in [0.717, 1.165) is 27.6 Å². The zero-order valence-electron chi connectivity index (χ0n) is 15.6. The molecule has 2 aromatic rings. The first-order chi connectivity index (χ1) is 11.5. The summed E-state index contributed by atoms with van der Waals surface area (Å²) in [7, 11) is -0.432. The van der Waals surface area contributed by atoms with Crippen LogP contribution in [0.25, 0.3) is 10.9 Å². The zero-order chi connectivity index (χ0) is 18.2. The first kappa shape index (κ1) is 16.5. The SMILES string of the molecule is CC1(C)C(=O)Nc2cnc3ccc(B4OC(C)(C)C(C)(C)O4)cc3c21. The van der Waals surface area contributed by atoms with Crippen molar-refractivity contribution in [2.24, 2.45) is 0 Å². The van der Waals surface area contributed by atoms with Gasteiger partial charge in [0.25, 0.3) is 0 Å². The molecule has 1 fully saturated rings. The average Bonchev–Trinajstić information content (AvgIpc) is 2.88. The second kappa shape index (κ2) is 4.83. The molecular formula is C19H23BN2O3. The van der Waals surface area contributed by atoms with Crippen LogP contribution in [0.3, 0.4) is 0 Å². The Labute approximate surface area is 148 Å². The highest BCUT2D eigenvalue weighted by Gasteiger charge is 2.52. The average molecular weight is 338 g/mol. The summed E-state index contributed by atoms with van der Waals surface area (Å²) in [6.07, 6.45) is 1.73. The number of nitrogens with zero attached hydrogens (tertiary/aromatic N) is 1. The Balaban J connectivity index is 1.85. The number of carbonyl (C=O) groups is 1. The van der Waals surface area contributed by atoms with Gasteiger partial charge in [0.1, 0.15) is 0 Å². The van der Waals surface area contributed by atoms with Gasteiger partial charge in [-0.25, -0.2) is 0 Å². The van der Waals surface area contributed by atoms with Crippen LogP contribution in [0, 0.1) is 0 Å². The summed E-state index contributed by atoms with van der Waals surface area (Å²) in [6.45, 7) is 12.0. The molecule has 0 spiro atoms. The van der Waals surface area contributed by atoms with Crippen LogP contribution in [0.5, 0.6) is 0 Å². The van der Waals surface area contributed by atoms with Gasteiger partial charge >= 0.3 is 7.12 Å². The van der Waals surface area contributed by atoms with E-state index in [1.54, 1.807) is 6.20 Å². The maximum atomic E-state index is 12.3. The van der Waals surface area contributed by atoms with Crippen molar-refractivity contribution in [2.75, 3.05) is 5.32 Å². The van der Waals surface area contributed by atoms with E-state index in [4.69, 9.17) is 9.31 Å². The van der Waals surface area contributed by atoms with Gasteiger partial charge in [0, 0.05) is 10.9 Å². The molecule has 3 heterocycles. The Kier molecular flexibility index (Phi) is 3.20. The minimum absolute atomic E-state index is 0.00200. The van der Waals surface area contributed by atoms with Crippen LogP contribution < -0.4 is 10.8 Å². The van der Waals surface area contributed by atoms with E-state index < -0.39 is 12.5 Å². The number of pyridine rings is 1. The molecule has 2 aliphatic heterocycles. The van der Waals surface area contributed by atoms with Gasteiger partial charge in [0.2, 0.25) is 5.91 Å². The molecule has 1 aromatic heterocycles. The molecule has 0 atom stereocenters. The van der Waals surface area contributed by atoms with Gasteiger partial charge in [-0.2, -0.15) is 0 Å². The summed E-state index contributed by atoms with van der Waals surface area (Å²) in [4.78, 5) is 16.8. The van der Waals surface area contributed by atoms with Crippen LogP contribution in [-0.2, 0) is 19.5 Å². The third-order valence-corrected chi connectivity index (χ3v) is 5.86. The van der Waals surface area contributed by atoms with Crippen LogP contribution in [-0.4, -0.2) is 29.2 Å². The number of carbonyl (C=O) groups excluding carboxylic acids is 1. The molecule has 0 saturated carbocycles. The highest BCUT2D eigenvalue weighted by molar-refractivity contribution is 6.62. The van der Waals surface area contributed by atoms with Gasteiger partial charge in [-0.05, 0) is 53.1 Å². The monoisotopic (exact) mass is 338 g/mol. The molecule has 0 aliphatic carbocycles. The molecule has 1 N–H and O–H groups in total. The second-order valence-electron chi connectivity index (χ2n) is 8.49. The molecule has 5 nitrogen and oxygen atoms in total. The number of benzene rings is 1. The van der Waals surface area contributed by atoms with Gasteiger partial charge in [0.15, 0.2) is 0 Å². The van der Waals surface area contributed by atoms with E-state index in [-0.39, 0.29) is 17.1 Å². The first-order valence-electron chi connectivity index (χ1n) is 8.63. The van der Waals surface area contributed by atoms with Crippen molar-refractivity contribution in [1.82, 2.24) is 4.98 Å². The molecule has 0 radical (unpaired) electrons. The fourth-order valence-corrected chi connectivity index (χ4v) is 3.50. The number of hydrogen-bond donors (Lipinski definition) is 1. The minimum atomic E-state index is -0.592. The molecule has 1 saturated heterocycles. The van der Waals surface area contributed by atoms with Crippen LogP contribution in [0.15, 0.2) is 24.4 Å². The summed E-state index contributed by atoms with van der Waals surface area (Å²) in [5.74, 6) is -0.00200. The van der Waals surface area contributed by atoms with Crippen LogP contribution >= 0.6 is 0 Å². The number of rotatable bonds is 1. The predicted octanol–water partition coefficient (Wildman–Crippen LogP) is 2.76. The summed E-state index contributed by atoms with van der Waals surface area (Å²) >= 11 is 0. The minimum Gasteiger partial charge on any atom is -0.399 e. The van der Waals surface area contributed by atoms with Gasteiger partial charge in [-0.15, -0.1) is 0 Å². The van der Waals surface area contributed by atoms with Crippen molar-refractivity contribution < 1.29 is 14.1 Å². The zero-order valence-corrected chi connectivity index (χ0v) is 15.6. The van der Waals surface area contributed by atoms with Gasteiger partial charge in [0.05, 0.1) is 34.0 Å². The van der Waals surface area contributed by atoms with Crippen LogP contribution in [0.2, 0.25) is 0 Å². The van der Waals surface area contributed by atoms with Crippen molar-refractivity contribution in [3.63, 3.8) is 0 Å². The molecule has 1 aromatic carbocycles. The molecule has 25 heavy (non-hydrogen) atoms. The number of hydrogen-bond acceptors (Lipinski definition) is 4. The van der Waals surface area contributed by atoms with Gasteiger partial charge in [-0.1, -0.05) is 12.1 Å². The Hall–Kier alpha value is -1.92. The maximum absolute atomic E-state index is 12.3. The highest BCUT2D eigenvalue weighted by Crippen LogP contribution is 2.41. The lowest BCUT2D eigenvalue weighted by Gasteiger charge is -2.32. The van der Waals surface area contributed by atoms with E-state index >= 15 is 0 Å². The quantitative estimate of drug-likeness (QED) is 0.813. The molecule has 0 unspecified atom stereocenters. The topological polar surface area (TPSA) is 60.5 Å². The molecule has 1 amide bonds. The fourth-order valence-electron chi connectivity index (χ4n) is 3.50. The van der Waals surface area contributed by atoms with E-state index in [1.165, 1.54) is 0 Å². The van der Waals surface area contributed by atoms with E-state index in [1.807, 2.05) is 59.7 Å². The van der Waals surface area contributed by atoms with E-state index in [9.17, 15) is 4.79 Å². The highest BCUT2D eigenvalue weighted by atomic mass is 16.7. The lowest BCUT2D eigenvalue weighted by molar-refractivity contribution is -0.119. The first-order valence-corrected chi connectivity index (χ1v) is 8.63. The summed E-state index contributed by atoms with van der Waals surface area (Å²) in [6, 6.07) is 6.00. The summed E-state index contributed by atoms with van der Waals surface area (Å²) < 4.78 is 12.3. The normalized spacial score (nSPS) is 23.0. The Morgan fingerprint density at radius 2 is 1.68 bits per heavy atom. The third kappa shape index (κ3) is 2.24. The van der Waals surface area contributed by atoms with Gasteiger partial charge < -0.3 is 14.6 Å². The van der Waals surface area contributed by atoms with Crippen molar-refractivity contribution in [1.29, 1.82) is 0 Å². The Morgan fingerprint density at radius 3 is 2.32 bits per heavy atom. The number of nitrogens with one attached hydrogen (secondary N) is 1. The fraction of sp³-hybridized carbons (Fsp3) is 0.474. The number of anilines is 1. The van der Waals surface area contributed by atoms with Gasteiger partial charge in [-0.3, -0.25) is 9.78 Å². The molecule has 0 bridgehead atoms. The lowest BCUT2D eigenvalue weighted by atomic mass is 9.76. The van der Waals surface area contributed by atoms with E-state index in [2.05, 4.69) is 10.3 Å². The Morgan fingerprint density at radius 1 is 1.04 bits per heavy atom. The third-order valence-electron chi connectivity index (χ3n) is 5.86.